The van der Waals surface area contributed by atoms with Gasteiger partial charge in [-0.25, -0.2) is 9.97 Å². The van der Waals surface area contributed by atoms with E-state index in [1.54, 1.807) is 17.2 Å². The van der Waals surface area contributed by atoms with Crippen molar-refractivity contribution in [1.82, 2.24) is 14.5 Å². The third-order valence-electron chi connectivity index (χ3n) is 2.70. The van der Waals surface area contributed by atoms with E-state index in [4.69, 9.17) is 0 Å². The molecule has 0 saturated carbocycles. The van der Waals surface area contributed by atoms with Crippen molar-refractivity contribution in [2.45, 2.75) is 6.54 Å². The van der Waals surface area contributed by atoms with Gasteiger partial charge in [0.15, 0.2) is 0 Å². The highest BCUT2D eigenvalue weighted by Gasteiger charge is 2.25. The lowest BCUT2D eigenvalue weighted by molar-refractivity contribution is 0.0964. The minimum Gasteiger partial charge on any atom is -0.342 e. The summed E-state index contributed by atoms with van der Waals surface area (Å²) in [6, 6.07) is 5.46. The number of hydrogen-bond acceptors (Lipinski definition) is 3. The molecule has 0 spiro atoms. The number of amides is 1. The summed E-state index contributed by atoms with van der Waals surface area (Å²) < 4.78 is 1.96. The number of nitrogens with zero attached hydrogens (tertiary/aromatic N) is 4. The molecular weight excluding hydrogens is 204 g/mol. The Labute approximate surface area is 92.4 Å². The molecule has 0 atom stereocenters. The number of anilines is 1. The van der Waals surface area contributed by atoms with Gasteiger partial charge >= 0.3 is 0 Å². The molecule has 3 heterocycles. The molecule has 1 aliphatic rings. The van der Waals surface area contributed by atoms with Crippen molar-refractivity contribution in [3.05, 3.63) is 42.6 Å². The van der Waals surface area contributed by atoms with Gasteiger partial charge in [-0.05, 0) is 18.2 Å². The normalized spacial score (nSPS) is 15.0. The Balaban J connectivity index is 1.99. The largest absolute Gasteiger partial charge is 0.342 e. The summed E-state index contributed by atoms with van der Waals surface area (Å²) in [5.41, 5.74) is 0.713. The van der Waals surface area contributed by atoms with Gasteiger partial charge in [-0.3, -0.25) is 9.69 Å². The lowest BCUT2D eigenvalue weighted by atomic mass is 10.3. The Morgan fingerprint density at radius 3 is 3.00 bits per heavy atom. The number of aromatic nitrogens is 3. The molecule has 0 N–H and O–H groups in total. The molecule has 5 nitrogen and oxygen atoms in total. The molecule has 1 amide bonds. The molecule has 2 aromatic heterocycles. The predicted octanol–water partition coefficient (Wildman–Crippen LogP) is 0.938. The molecule has 0 bridgehead atoms. The van der Waals surface area contributed by atoms with Crippen LogP contribution in [0, 0.1) is 0 Å². The van der Waals surface area contributed by atoms with Gasteiger partial charge in [0.25, 0.3) is 5.91 Å². The Morgan fingerprint density at radius 2 is 2.19 bits per heavy atom. The van der Waals surface area contributed by atoms with Crippen molar-refractivity contribution in [2.75, 3.05) is 11.4 Å². The zero-order valence-electron chi connectivity index (χ0n) is 8.58. The van der Waals surface area contributed by atoms with Crippen LogP contribution in [0.15, 0.2) is 36.9 Å². The fraction of sp³-hybridized carbons (Fsp3) is 0.182. The smallest absolute Gasteiger partial charge is 0.276 e. The number of hydrogen-bond donors (Lipinski definition) is 0. The van der Waals surface area contributed by atoms with E-state index in [1.165, 1.54) is 6.33 Å². The molecule has 0 saturated heterocycles. The van der Waals surface area contributed by atoms with E-state index in [0.717, 1.165) is 6.54 Å². The first-order valence-electron chi connectivity index (χ1n) is 5.09. The van der Waals surface area contributed by atoms with Crippen LogP contribution in [0.2, 0.25) is 0 Å². The maximum absolute atomic E-state index is 12.1. The highest BCUT2D eigenvalue weighted by atomic mass is 16.2. The van der Waals surface area contributed by atoms with Gasteiger partial charge in [-0.15, -0.1) is 0 Å². The van der Waals surface area contributed by atoms with E-state index in [9.17, 15) is 4.79 Å². The second-order valence-corrected chi connectivity index (χ2v) is 3.61. The number of rotatable bonds is 1. The van der Waals surface area contributed by atoms with Crippen molar-refractivity contribution in [3.8, 4) is 0 Å². The second-order valence-electron chi connectivity index (χ2n) is 3.61. The van der Waals surface area contributed by atoms with Gasteiger partial charge in [0.05, 0.1) is 0 Å². The van der Waals surface area contributed by atoms with E-state index < -0.39 is 0 Å². The van der Waals surface area contributed by atoms with Crippen molar-refractivity contribution in [1.29, 1.82) is 0 Å². The number of carbonyl (C=O) groups is 1. The Bertz CT molecular complexity index is 520. The average Bonchev–Trinajstić information content (AvgIpc) is 2.80. The van der Waals surface area contributed by atoms with Gasteiger partial charge in [-0.1, -0.05) is 0 Å². The molecule has 0 radical (unpaired) electrons. The SMILES string of the molecule is O=C1c2cccn2CCN1c1ccncn1. The summed E-state index contributed by atoms with van der Waals surface area (Å²) in [5.74, 6) is 0.655. The lowest BCUT2D eigenvalue weighted by Crippen LogP contribution is -2.40. The molecule has 1 aliphatic heterocycles. The fourth-order valence-electron chi connectivity index (χ4n) is 1.91. The van der Waals surface area contributed by atoms with Crippen LogP contribution in [-0.2, 0) is 6.54 Å². The predicted molar refractivity (Wildman–Crippen MR) is 58.1 cm³/mol. The molecule has 5 heteroatoms. The van der Waals surface area contributed by atoms with E-state index in [1.807, 2.05) is 22.9 Å². The van der Waals surface area contributed by atoms with Crippen LogP contribution in [0.5, 0.6) is 0 Å². The summed E-state index contributed by atoms with van der Waals surface area (Å²) in [6.07, 6.45) is 5.02. The molecule has 2 aromatic rings. The van der Waals surface area contributed by atoms with E-state index >= 15 is 0 Å². The van der Waals surface area contributed by atoms with Gasteiger partial charge in [0, 0.05) is 25.5 Å². The van der Waals surface area contributed by atoms with Crippen LogP contribution in [-0.4, -0.2) is 27.0 Å². The maximum Gasteiger partial charge on any atom is 0.276 e. The monoisotopic (exact) mass is 214 g/mol. The zero-order valence-corrected chi connectivity index (χ0v) is 8.58. The van der Waals surface area contributed by atoms with Gasteiger partial charge in [-0.2, -0.15) is 0 Å². The Hall–Kier alpha value is -2.17. The summed E-state index contributed by atoms with van der Waals surface area (Å²) in [6.45, 7) is 1.45. The third-order valence-corrected chi connectivity index (χ3v) is 2.70. The number of fused-ring (bicyclic) bond motifs is 1. The van der Waals surface area contributed by atoms with Crippen molar-refractivity contribution >= 4 is 11.7 Å². The van der Waals surface area contributed by atoms with E-state index in [0.29, 0.717) is 18.1 Å². The molecule has 0 unspecified atom stereocenters. The summed E-state index contributed by atoms with van der Waals surface area (Å²) >= 11 is 0. The van der Waals surface area contributed by atoms with Gasteiger partial charge in [0.1, 0.15) is 17.8 Å². The van der Waals surface area contributed by atoms with Crippen molar-refractivity contribution < 1.29 is 4.79 Å². The molecule has 16 heavy (non-hydrogen) atoms. The van der Waals surface area contributed by atoms with Gasteiger partial charge < -0.3 is 4.57 Å². The third kappa shape index (κ3) is 1.29. The van der Waals surface area contributed by atoms with E-state index in [2.05, 4.69) is 9.97 Å². The standard InChI is InChI=1S/C11H10N4O/c16-11-9-2-1-5-14(9)6-7-15(11)10-3-4-12-8-13-10/h1-5,8H,6-7H2. The zero-order chi connectivity index (χ0) is 11.0. The number of carbonyl (C=O) groups excluding carboxylic acids is 1. The molecule has 0 fully saturated rings. The average molecular weight is 214 g/mol. The minimum atomic E-state index is -0.00468. The Kier molecular flexibility index (Phi) is 1.96. The molecular formula is C11H10N4O. The van der Waals surface area contributed by atoms with Crippen LogP contribution >= 0.6 is 0 Å². The lowest BCUT2D eigenvalue weighted by Gasteiger charge is -2.27. The highest BCUT2D eigenvalue weighted by molar-refractivity contribution is 6.05. The maximum atomic E-state index is 12.1. The second kappa shape index (κ2) is 3.44. The highest BCUT2D eigenvalue weighted by Crippen LogP contribution is 2.18. The minimum absolute atomic E-state index is 0.00468. The first-order chi connectivity index (χ1) is 7.86. The summed E-state index contributed by atoms with van der Waals surface area (Å²) in [5, 5.41) is 0. The first kappa shape index (κ1) is 9.08. The van der Waals surface area contributed by atoms with Crippen molar-refractivity contribution in [3.63, 3.8) is 0 Å². The molecule has 0 aromatic carbocycles. The van der Waals surface area contributed by atoms with Crippen LogP contribution in [0.25, 0.3) is 0 Å². The summed E-state index contributed by atoms with van der Waals surface area (Å²) in [7, 11) is 0. The van der Waals surface area contributed by atoms with Crippen LogP contribution < -0.4 is 4.90 Å². The van der Waals surface area contributed by atoms with Crippen LogP contribution in [0.3, 0.4) is 0 Å². The molecule has 0 aliphatic carbocycles. The molecule has 80 valence electrons. The summed E-state index contributed by atoms with van der Waals surface area (Å²) in [4.78, 5) is 21.7. The fourth-order valence-corrected chi connectivity index (χ4v) is 1.91. The quantitative estimate of drug-likeness (QED) is 0.709. The first-order valence-corrected chi connectivity index (χ1v) is 5.09. The van der Waals surface area contributed by atoms with Crippen LogP contribution in [0.4, 0.5) is 5.82 Å². The van der Waals surface area contributed by atoms with Crippen LogP contribution in [0.1, 0.15) is 10.5 Å². The van der Waals surface area contributed by atoms with E-state index in [-0.39, 0.29) is 5.91 Å². The Morgan fingerprint density at radius 1 is 1.25 bits per heavy atom. The van der Waals surface area contributed by atoms with Gasteiger partial charge in [0.2, 0.25) is 0 Å². The molecule has 3 rings (SSSR count). The van der Waals surface area contributed by atoms with Crippen molar-refractivity contribution in [2.24, 2.45) is 0 Å². The topological polar surface area (TPSA) is 51.0 Å².